The number of rotatable bonds is 2. The summed E-state index contributed by atoms with van der Waals surface area (Å²) in [7, 11) is 0. The number of hydrogen-bond acceptors (Lipinski definition) is 5. The summed E-state index contributed by atoms with van der Waals surface area (Å²) in [4.78, 5) is 23.2. The first-order valence-electron chi connectivity index (χ1n) is 7.58. The molecule has 2 rings (SSSR count). The lowest BCUT2D eigenvalue weighted by atomic mass is 9.89. The van der Waals surface area contributed by atoms with Gasteiger partial charge in [-0.3, -0.25) is 4.79 Å². The average molecular weight is 318 g/mol. The molecule has 0 fully saturated rings. The topological polar surface area (TPSA) is 72.8 Å². The highest BCUT2D eigenvalue weighted by Gasteiger charge is 2.33. The summed E-state index contributed by atoms with van der Waals surface area (Å²) in [6, 6.07) is 0. The lowest BCUT2D eigenvalue weighted by molar-refractivity contribution is -0.145. The Morgan fingerprint density at radius 2 is 2.09 bits per heavy atom. The quantitative estimate of drug-likeness (QED) is 0.625. The van der Waals surface area contributed by atoms with Crippen molar-refractivity contribution in [2.24, 2.45) is 0 Å². The van der Waals surface area contributed by atoms with Crippen molar-refractivity contribution in [2.75, 3.05) is 6.61 Å². The number of fused-ring (bicyclic) bond motifs is 1. The maximum atomic E-state index is 11.9. The lowest BCUT2D eigenvalue weighted by Gasteiger charge is -2.23. The van der Waals surface area contributed by atoms with Crippen LogP contribution in [0.1, 0.15) is 33.1 Å². The normalized spacial score (nSPS) is 28.0. The van der Waals surface area contributed by atoms with Gasteiger partial charge in [0.25, 0.3) is 0 Å². The van der Waals surface area contributed by atoms with Crippen LogP contribution in [-0.2, 0) is 19.1 Å². The smallest absolute Gasteiger partial charge is 0.337 e. The second-order valence-corrected chi connectivity index (χ2v) is 5.91. The third-order valence-electron chi connectivity index (χ3n) is 4.23. The standard InChI is InChI=1S/C18H22O5/c1-10-5-6-14-15(9-19)18(21)23-17(14)8-12(3)16(7-11(10)2)22-13(4)20/h8,16-17,19H,1-2,5-7,9H2,3-4H3/b12-8+/t16-,17+/m1/s1. The minimum Gasteiger partial charge on any atom is -0.458 e. The van der Waals surface area contributed by atoms with Crippen LogP contribution >= 0.6 is 0 Å². The molecule has 1 aliphatic heterocycles. The number of carbonyl (C=O) groups is 2. The van der Waals surface area contributed by atoms with Gasteiger partial charge in [0, 0.05) is 13.3 Å². The second-order valence-electron chi connectivity index (χ2n) is 5.91. The van der Waals surface area contributed by atoms with E-state index < -0.39 is 18.2 Å². The fourth-order valence-electron chi connectivity index (χ4n) is 2.83. The molecule has 1 aliphatic carbocycles. The van der Waals surface area contributed by atoms with Crippen LogP contribution in [0, 0.1) is 0 Å². The Labute approximate surface area is 136 Å². The Morgan fingerprint density at radius 1 is 1.39 bits per heavy atom. The average Bonchev–Trinajstić information content (AvgIpc) is 2.77. The Morgan fingerprint density at radius 3 is 2.70 bits per heavy atom. The summed E-state index contributed by atoms with van der Waals surface area (Å²) >= 11 is 0. The van der Waals surface area contributed by atoms with Gasteiger partial charge >= 0.3 is 11.9 Å². The highest BCUT2D eigenvalue weighted by atomic mass is 16.6. The highest BCUT2D eigenvalue weighted by molar-refractivity contribution is 5.93. The van der Waals surface area contributed by atoms with Crippen molar-refractivity contribution >= 4 is 11.9 Å². The molecule has 1 N–H and O–H groups in total. The third-order valence-corrected chi connectivity index (χ3v) is 4.23. The Kier molecular flexibility index (Phi) is 5.21. The fourth-order valence-corrected chi connectivity index (χ4v) is 2.83. The van der Waals surface area contributed by atoms with Gasteiger partial charge in [-0.1, -0.05) is 18.7 Å². The number of carbonyl (C=O) groups excluding carboxylic acids is 2. The summed E-state index contributed by atoms with van der Waals surface area (Å²) in [5, 5.41) is 9.43. The summed E-state index contributed by atoms with van der Waals surface area (Å²) in [5.74, 6) is -0.877. The monoisotopic (exact) mass is 318 g/mol. The van der Waals surface area contributed by atoms with Crippen LogP contribution in [0.25, 0.3) is 0 Å². The highest BCUT2D eigenvalue weighted by Crippen LogP contribution is 2.33. The second kappa shape index (κ2) is 6.96. The molecule has 0 spiro atoms. The zero-order valence-electron chi connectivity index (χ0n) is 13.6. The van der Waals surface area contributed by atoms with Crippen LogP contribution in [0.4, 0.5) is 0 Å². The van der Waals surface area contributed by atoms with Gasteiger partial charge in [-0.2, -0.15) is 0 Å². The van der Waals surface area contributed by atoms with Crippen LogP contribution in [-0.4, -0.2) is 35.9 Å². The first-order valence-corrected chi connectivity index (χ1v) is 7.58. The third kappa shape index (κ3) is 3.79. The number of esters is 2. The number of aliphatic hydroxyl groups excluding tert-OH is 1. The molecular formula is C18H22O5. The van der Waals surface area contributed by atoms with Gasteiger partial charge in [-0.05, 0) is 42.6 Å². The zero-order chi connectivity index (χ0) is 17.1. The number of allylic oxidation sites excluding steroid dienone is 1. The van der Waals surface area contributed by atoms with E-state index in [0.29, 0.717) is 24.8 Å². The Bertz CT molecular complexity index is 623. The van der Waals surface area contributed by atoms with Crippen molar-refractivity contribution < 1.29 is 24.2 Å². The van der Waals surface area contributed by atoms with Crippen LogP contribution in [0.3, 0.4) is 0 Å². The van der Waals surface area contributed by atoms with Crippen LogP contribution in [0.2, 0.25) is 0 Å². The molecule has 0 radical (unpaired) electrons. The molecular weight excluding hydrogens is 296 g/mol. The van der Waals surface area contributed by atoms with Crippen molar-refractivity contribution in [1.82, 2.24) is 0 Å². The zero-order valence-corrected chi connectivity index (χ0v) is 13.6. The molecule has 0 saturated heterocycles. The number of ether oxygens (including phenoxy) is 2. The molecule has 124 valence electrons. The van der Waals surface area contributed by atoms with E-state index >= 15 is 0 Å². The van der Waals surface area contributed by atoms with E-state index in [0.717, 1.165) is 22.3 Å². The van der Waals surface area contributed by atoms with Crippen LogP contribution in [0.5, 0.6) is 0 Å². The molecule has 5 nitrogen and oxygen atoms in total. The van der Waals surface area contributed by atoms with Crippen molar-refractivity contribution in [1.29, 1.82) is 0 Å². The van der Waals surface area contributed by atoms with Crippen LogP contribution in [0.15, 0.2) is 47.1 Å². The fraction of sp³-hybridized carbons (Fsp3) is 0.444. The Balaban J connectivity index is 2.43. The molecule has 2 aliphatic rings. The van der Waals surface area contributed by atoms with Gasteiger partial charge < -0.3 is 14.6 Å². The minimum atomic E-state index is -0.526. The maximum absolute atomic E-state index is 11.9. The minimum absolute atomic E-state index is 0.307. The molecule has 1 heterocycles. The van der Waals surface area contributed by atoms with Gasteiger partial charge in [0.05, 0.1) is 12.2 Å². The molecule has 0 aromatic carbocycles. The predicted molar refractivity (Wildman–Crippen MR) is 85.4 cm³/mol. The molecule has 0 aromatic rings. The van der Waals surface area contributed by atoms with Gasteiger partial charge in [-0.25, -0.2) is 4.79 Å². The lowest BCUT2D eigenvalue weighted by Crippen LogP contribution is -2.21. The molecule has 0 amide bonds. The van der Waals surface area contributed by atoms with Crippen molar-refractivity contribution in [3.63, 3.8) is 0 Å². The first kappa shape index (κ1) is 17.2. The molecule has 23 heavy (non-hydrogen) atoms. The first-order chi connectivity index (χ1) is 10.8. The molecule has 0 saturated carbocycles. The summed E-state index contributed by atoms with van der Waals surface area (Å²) in [6.07, 6.45) is 2.45. The van der Waals surface area contributed by atoms with E-state index in [2.05, 4.69) is 13.2 Å². The summed E-state index contributed by atoms with van der Waals surface area (Å²) in [5.41, 5.74) is 3.51. The molecule has 0 unspecified atom stereocenters. The van der Waals surface area contributed by atoms with E-state index in [4.69, 9.17) is 9.47 Å². The van der Waals surface area contributed by atoms with E-state index in [1.807, 2.05) is 6.92 Å². The Hall–Kier alpha value is -2.14. The SMILES string of the molecule is C=C1CCC2=C(CO)C(=O)O[C@H]2/C=C(\C)[C@H](OC(C)=O)CC1=C. The van der Waals surface area contributed by atoms with E-state index in [-0.39, 0.29) is 12.6 Å². The van der Waals surface area contributed by atoms with Crippen molar-refractivity contribution in [3.8, 4) is 0 Å². The van der Waals surface area contributed by atoms with Gasteiger partial charge in [0.1, 0.15) is 12.2 Å². The molecule has 0 bridgehead atoms. The van der Waals surface area contributed by atoms with Gasteiger partial charge in [0.15, 0.2) is 0 Å². The molecule has 2 atom stereocenters. The maximum Gasteiger partial charge on any atom is 0.337 e. The van der Waals surface area contributed by atoms with Gasteiger partial charge in [-0.15, -0.1) is 0 Å². The number of hydrogen-bond donors (Lipinski definition) is 1. The molecule has 5 heteroatoms. The largest absolute Gasteiger partial charge is 0.458 e. The molecule has 0 aromatic heterocycles. The van der Waals surface area contributed by atoms with Gasteiger partial charge in [0.2, 0.25) is 0 Å². The number of aliphatic hydroxyl groups is 1. The van der Waals surface area contributed by atoms with Crippen molar-refractivity contribution in [2.45, 2.75) is 45.3 Å². The van der Waals surface area contributed by atoms with E-state index in [1.54, 1.807) is 6.08 Å². The van der Waals surface area contributed by atoms with E-state index in [9.17, 15) is 14.7 Å². The summed E-state index contributed by atoms with van der Waals surface area (Å²) < 4.78 is 10.7. The predicted octanol–water partition coefficient (Wildman–Crippen LogP) is 2.38. The van der Waals surface area contributed by atoms with Crippen molar-refractivity contribution in [3.05, 3.63) is 47.1 Å². The van der Waals surface area contributed by atoms with Crippen LogP contribution < -0.4 is 0 Å². The van der Waals surface area contributed by atoms with E-state index in [1.165, 1.54) is 6.92 Å². The summed E-state index contributed by atoms with van der Waals surface area (Å²) in [6.45, 7) is 10.9.